The van der Waals surface area contributed by atoms with Gasteiger partial charge in [0.05, 0.1) is 12.2 Å². The fraction of sp³-hybridized carbons (Fsp3) is 0.424. The summed E-state index contributed by atoms with van der Waals surface area (Å²) in [7, 11) is 3.94. The van der Waals surface area contributed by atoms with Crippen LogP contribution in [0.2, 0.25) is 0 Å². The predicted molar refractivity (Wildman–Crippen MR) is 164 cm³/mol. The second-order valence-corrected chi connectivity index (χ2v) is 12.8. The van der Waals surface area contributed by atoms with Crippen LogP contribution in [0.25, 0.3) is 32.9 Å². The Bertz CT molecular complexity index is 1880. The van der Waals surface area contributed by atoms with Gasteiger partial charge in [-0.3, -0.25) is 0 Å². The van der Waals surface area contributed by atoms with Gasteiger partial charge in [-0.05, 0) is 68.9 Å². The maximum Gasteiger partial charge on any atom is 0.573 e. The van der Waals surface area contributed by atoms with Crippen molar-refractivity contribution < 1.29 is 32.1 Å². The highest BCUT2D eigenvalue weighted by molar-refractivity contribution is 6.05. The predicted octanol–water partition coefficient (Wildman–Crippen LogP) is 5.23. The first kappa shape index (κ1) is 30.3. The zero-order chi connectivity index (χ0) is 32.4. The second-order valence-electron chi connectivity index (χ2n) is 12.8. The third-order valence-corrected chi connectivity index (χ3v) is 8.96. The van der Waals surface area contributed by atoms with E-state index in [9.17, 15) is 22.7 Å². The highest BCUT2D eigenvalue weighted by Gasteiger charge is 2.44. The van der Waals surface area contributed by atoms with E-state index in [4.69, 9.17) is 20.9 Å². The van der Waals surface area contributed by atoms with Gasteiger partial charge in [-0.1, -0.05) is 12.0 Å². The van der Waals surface area contributed by atoms with Gasteiger partial charge < -0.3 is 29.7 Å². The lowest BCUT2D eigenvalue weighted by atomic mass is 9.94. The summed E-state index contributed by atoms with van der Waals surface area (Å²) >= 11 is 0. The topological polar surface area (TPSA) is 95.9 Å². The smallest absolute Gasteiger partial charge is 0.508 e. The summed E-state index contributed by atoms with van der Waals surface area (Å²) in [6.07, 6.45) is 5.55. The zero-order valence-corrected chi connectivity index (χ0v) is 25.3. The Balaban J connectivity index is 1.45. The number of aromatic nitrogens is 3. The van der Waals surface area contributed by atoms with E-state index in [1.165, 1.54) is 24.4 Å². The van der Waals surface area contributed by atoms with Crippen LogP contribution in [0.15, 0.2) is 30.5 Å². The van der Waals surface area contributed by atoms with Crippen LogP contribution in [0, 0.1) is 23.6 Å². The van der Waals surface area contributed by atoms with Crippen molar-refractivity contribution in [3.05, 3.63) is 41.8 Å². The molecule has 0 radical (unpaired) electrons. The number of phenols is 1. The van der Waals surface area contributed by atoms with Crippen LogP contribution in [0.4, 0.5) is 23.4 Å². The quantitative estimate of drug-likeness (QED) is 0.199. The molecule has 3 aliphatic rings. The molecule has 2 aliphatic heterocycles. The fourth-order valence-electron chi connectivity index (χ4n) is 6.87. The average Bonchev–Trinajstić information content (AvgIpc) is 3.67. The molecular formula is C33H32F4N6O3. The molecule has 2 atom stereocenters. The molecule has 2 bridgehead atoms. The number of fused-ring (bicyclic) bond motifs is 4. The number of benzene rings is 2. The molecule has 46 heavy (non-hydrogen) atoms. The van der Waals surface area contributed by atoms with Crippen LogP contribution in [0.3, 0.4) is 0 Å². The highest BCUT2D eigenvalue weighted by atomic mass is 19.4. The number of terminal acetylenes is 1. The lowest BCUT2D eigenvalue weighted by Gasteiger charge is -2.34. The van der Waals surface area contributed by atoms with Gasteiger partial charge in [-0.2, -0.15) is 9.97 Å². The van der Waals surface area contributed by atoms with E-state index < -0.39 is 17.9 Å². The molecule has 1 aliphatic carbocycles. The molecule has 9 nitrogen and oxygen atoms in total. The van der Waals surface area contributed by atoms with Crippen molar-refractivity contribution in [2.75, 3.05) is 45.2 Å². The Morgan fingerprint density at radius 1 is 1.11 bits per heavy atom. The molecule has 7 rings (SSSR count). The van der Waals surface area contributed by atoms with Gasteiger partial charge in [0.2, 0.25) is 0 Å². The molecule has 13 heteroatoms. The summed E-state index contributed by atoms with van der Waals surface area (Å²) in [6.45, 7) is 2.22. The molecule has 1 saturated carbocycles. The number of alkyl halides is 3. The van der Waals surface area contributed by atoms with Crippen LogP contribution in [-0.2, 0) is 0 Å². The number of piperazine rings is 1. The number of hydrogen-bond acceptors (Lipinski definition) is 9. The van der Waals surface area contributed by atoms with Crippen LogP contribution in [0.1, 0.15) is 31.2 Å². The third-order valence-electron chi connectivity index (χ3n) is 8.96. The molecule has 2 unspecified atom stereocenters. The van der Waals surface area contributed by atoms with E-state index in [1.54, 1.807) is 0 Å². The molecule has 2 N–H and O–H groups in total. The van der Waals surface area contributed by atoms with Crippen LogP contribution in [-0.4, -0.2) is 83.7 Å². The first-order valence-electron chi connectivity index (χ1n) is 15.1. The SMILES string of the molecule is C#Cc1c(F)ccc2cc(O)cc(-c3cnc4c(N5CC6CCC(C5)N6)nc(OCC5(CN(C)C)CC5)nc4c3OC(F)(F)F)c12. The zero-order valence-electron chi connectivity index (χ0n) is 25.3. The van der Waals surface area contributed by atoms with Gasteiger partial charge in [-0.15, -0.1) is 19.6 Å². The summed E-state index contributed by atoms with van der Waals surface area (Å²) in [5.41, 5.74) is -0.591. The molecule has 2 saturated heterocycles. The van der Waals surface area contributed by atoms with Crippen molar-refractivity contribution in [3.8, 4) is 41.0 Å². The van der Waals surface area contributed by atoms with Gasteiger partial charge in [0, 0.05) is 54.3 Å². The number of phenolic OH excluding ortho intramolecular Hbond substituents is 1. The van der Waals surface area contributed by atoms with Crippen LogP contribution in [0.5, 0.6) is 17.5 Å². The molecule has 4 heterocycles. The Labute approximate surface area is 262 Å². The Hall–Kier alpha value is -4.41. The number of halogens is 4. The summed E-state index contributed by atoms with van der Waals surface area (Å²) in [6, 6.07) is 5.39. The molecule has 0 amide bonds. The van der Waals surface area contributed by atoms with Crippen LogP contribution < -0.4 is 19.7 Å². The van der Waals surface area contributed by atoms with Crippen molar-refractivity contribution in [3.63, 3.8) is 0 Å². The van der Waals surface area contributed by atoms with E-state index in [0.717, 1.165) is 38.3 Å². The van der Waals surface area contributed by atoms with Crippen molar-refractivity contribution in [2.45, 2.75) is 44.1 Å². The molecule has 2 aromatic carbocycles. The minimum Gasteiger partial charge on any atom is -0.508 e. The van der Waals surface area contributed by atoms with Gasteiger partial charge in [0.1, 0.15) is 22.6 Å². The van der Waals surface area contributed by atoms with Crippen LogP contribution >= 0.6 is 0 Å². The maximum atomic E-state index is 14.9. The Kier molecular flexibility index (Phi) is 7.32. The van der Waals surface area contributed by atoms with Crippen molar-refractivity contribution in [2.24, 2.45) is 5.41 Å². The first-order valence-corrected chi connectivity index (χ1v) is 15.1. The molecule has 2 aromatic heterocycles. The number of pyridine rings is 1. The molecule has 3 fully saturated rings. The largest absolute Gasteiger partial charge is 0.573 e. The first-order chi connectivity index (χ1) is 21.9. The average molecular weight is 637 g/mol. The van der Waals surface area contributed by atoms with Crippen molar-refractivity contribution in [1.29, 1.82) is 0 Å². The number of hydrogen-bond donors (Lipinski definition) is 2. The van der Waals surface area contributed by atoms with E-state index in [1.807, 2.05) is 19.0 Å². The van der Waals surface area contributed by atoms with Crippen molar-refractivity contribution in [1.82, 2.24) is 25.2 Å². The Morgan fingerprint density at radius 3 is 2.50 bits per heavy atom. The normalized spacial score (nSPS) is 20.3. The monoisotopic (exact) mass is 636 g/mol. The lowest BCUT2D eigenvalue weighted by Crippen LogP contribution is -2.51. The number of rotatable bonds is 8. The van der Waals surface area contributed by atoms with Gasteiger partial charge >= 0.3 is 12.4 Å². The lowest BCUT2D eigenvalue weighted by molar-refractivity contribution is -0.273. The van der Waals surface area contributed by atoms with Gasteiger partial charge in [0.25, 0.3) is 0 Å². The van der Waals surface area contributed by atoms with Gasteiger partial charge in [-0.25, -0.2) is 9.37 Å². The maximum absolute atomic E-state index is 14.9. The van der Waals surface area contributed by atoms with E-state index in [-0.39, 0.29) is 69.0 Å². The minimum atomic E-state index is -5.14. The third kappa shape index (κ3) is 5.71. The number of anilines is 1. The van der Waals surface area contributed by atoms with E-state index in [2.05, 4.69) is 26.1 Å². The van der Waals surface area contributed by atoms with Gasteiger partial charge in [0.15, 0.2) is 11.6 Å². The van der Waals surface area contributed by atoms with E-state index >= 15 is 0 Å². The highest BCUT2D eigenvalue weighted by Crippen LogP contribution is 2.47. The second kappa shape index (κ2) is 11.1. The molecule has 240 valence electrons. The molecule has 4 aromatic rings. The number of nitrogens with zero attached hydrogens (tertiary/aromatic N) is 5. The summed E-state index contributed by atoms with van der Waals surface area (Å²) < 4.78 is 68.3. The van der Waals surface area contributed by atoms with E-state index in [0.29, 0.717) is 24.3 Å². The summed E-state index contributed by atoms with van der Waals surface area (Å²) in [5.74, 6) is 0.942. The number of nitrogens with one attached hydrogen (secondary N) is 1. The molecule has 0 spiro atoms. The summed E-state index contributed by atoms with van der Waals surface area (Å²) in [5, 5.41) is 14.6. The minimum absolute atomic E-state index is 0.00173. The fourth-order valence-corrected chi connectivity index (χ4v) is 6.87. The molecular weight excluding hydrogens is 604 g/mol. The standard InChI is InChI=1S/C33H32F4N6O3/c1-4-22-25(34)8-5-18-11-21(44)12-23(26(18)22)24-13-38-28-27(29(24)46-33(35,36)37)40-31(45-17-32(9-10-32)16-42(2)3)41-30(28)43-14-19-6-7-20(15-43)39-19/h1,5,8,11-13,19-20,39,44H,6-7,9-10,14-17H2,2-3H3. The summed E-state index contributed by atoms with van der Waals surface area (Å²) in [4.78, 5) is 17.8. The Morgan fingerprint density at radius 2 is 1.85 bits per heavy atom. The number of aromatic hydroxyl groups is 1. The van der Waals surface area contributed by atoms with Crippen molar-refractivity contribution >= 4 is 27.6 Å². The number of ether oxygens (including phenoxy) is 2.